The third-order valence-corrected chi connectivity index (χ3v) is 0. The minimum absolute atomic E-state index is 0. The summed E-state index contributed by atoms with van der Waals surface area (Å²) in [4.78, 5) is 0. The second-order valence-corrected chi connectivity index (χ2v) is 0. The van der Waals surface area contributed by atoms with Gasteiger partial charge in [0.15, 0.2) is 0 Å². The minimum Gasteiger partial charge on any atom is -1.00 e. The van der Waals surface area contributed by atoms with Crippen molar-refractivity contribution < 1.29 is 80.6 Å². The Morgan fingerprint density at radius 2 is 1.25 bits per heavy atom. The maximum absolute atomic E-state index is 0. The average Bonchev–Trinajstić information content (AvgIpc) is 0. The summed E-state index contributed by atoms with van der Waals surface area (Å²) in [5.74, 6) is 0. The molecule has 16 valence electrons. The molecule has 0 radical (unpaired) electrons. The van der Waals surface area contributed by atoms with Crippen molar-refractivity contribution in [2.45, 2.75) is 0 Å². The standard InChI is InChI=1S/K.H2O.Sr.Zn.3H/h;1H2;;;;;/q+1;;+2;;3*-1. The van der Waals surface area contributed by atoms with Gasteiger partial charge in [-0.1, -0.05) is 0 Å². The van der Waals surface area contributed by atoms with Gasteiger partial charge in [-0.05, 0) is 0 Å². The summed E-state index contributed by atoms with van der Waals surface area (Å²) in [7, 11) is 0. The van der Waals surface area contributed by atoms with Crippen LogP contribution in [0.5, 0.6) is 0 Å². The maximum Gasteiger partial charge on any atom is 2.00 e. The minimum atomic E-state index is 0. The number of hydrogen-bond acceptors (Lipinski definition) is 0. The van der Waals surface area contributed by atoms with E-state index >= 15 is 0 Å². The van der Waals surface area contributed by atoms with Crippen molar-refractivity contribution in [2.24, 2.45) is 0 Å². The summed E-state index contributed by atoms with van der Waals surface area (Å²) in [6.07, 6.45) is 0. The molecular weight excluding hydrogens is 208 g/mol. The zero-order chi connectivity index (χ0) is 0. The van der Waals surface area contributed by atoms with Crippen molar-refractivity contribution in [3.8, 4) is 0 Å². The Balaban J connectivity index is 0. The van der Waals surface area contributed by atoms with Crippen LogP contribution in [0.4, 0.5) is 0 Å². The van der Waals surface area contributed by atoms with Gasteiger partial charge in [0.05, 0.1) is 0 Å². The molecule has 0 amide bonds. The normalized spacial score (nSPS) is 0. The van der Waals surface area contributed by atoms with Crippen molar-refractivity contribution in [3.63, 3.8) is 0 Å². The molecule has 0 heterocycles. The van der Waals surface area contributed by atoms with E-state index in [1.165, 1.54) is 0 Å². The summed E-state index contributed by atoms with van der Waals surface area (Å²) in [6, 6.07) is 0. The van der Waals surface area contributed by atoms with E-state index in [9.17, 15) is 0 Å². The van der Waals surface area contributed by atoms with Crippen LogP contribution in [0.2, 0.25) is 0 Å². The van der Waals surface area contributed by atoms with Crippen LogP contribution >= 0.6 is 0 Å². The van der Waals surface area contributed by atoms with Crippen LogP contribution in [-0.2, 0) is 19.5 Å². The molecule has 0 saturated heterocycles. The maximum atomic E-state index is 0. The molecule has 0 aromatic rings. The third kappa shape index (κ3) is 9.20. The molecule has 0 fully saturated rings. The quantitative estimate of drug-likeness (QED) is 0.369. The first-order chi connectivity index (χ1) is 0. The van der Waals surface area contributed by atoms with Gasteiger partial charge in [0.2, 0.25) is 0 Å². The fourth-order valence-electron chi connectivity index (χ4n) is 0. The van der Waals surface area contributed by atoms with Gasteiger partial charge in [-0.3, -0.25) is 0 Å². The van der Waals surface area contributed by atoms with E-state index in [4.69, 9.17) is 0 Å². The zero-order valence-electron chi connectivity index (χ0n) is 5.91. The Bertz CT molecular complexity index is 14.9. The smallest absolute Gasteiger partial charge is 1.00 e. The number of hydrogen-bond donors (Lipinski definition) is 0. The SMILES string of the molecule is O.[H-].[H-].[H-].[K+].[Sr+2].[Zn]. The Morgan fingerprint density at radius 1 is 1.25 bits per heavy atom. The van der Waals surface area contributed by atoms with E-state index < -0.39 is 0 Å². The van der Waals surface area contributed by atoms with Crippen molar-refractivity contribution >= 4 is 45.5 Å². The molecule has 0 aliphatic carbocycles. The molecule has 0 aliphatic heterocycles. The molecule has 0 aromatic heterocycles. The summed E-state index contributed by atoms with van der Waals surface area (Å²) < 4.78 is 0. The molecule has 0 spiro atoms. The molecule has 2 N–H and O–H groups in total. The predicted octanol–water partition coefficient (Wildman–Crippen LogP) is -3.87. The van der Waals surface area contributed by atoms with E-state index in [0.717, 1.165) is 0 Å². The molecule has 0 rings (SSSR count). The monoisotopic (exact) mass is 212 g/mol. The Morgan fingerprint density at radius 3 is 1.25 bits per heavy atom. The van der Waals surface area contributed by atoms with Gasteiger partial charge in [0.25, 0.3) is 0 Å². The van der Waals surface area contributed by atoms with Gasteiger partial charge >= 0.3 is 96.9 Å². The van der Waals surface area contributed by atoms with Gasteiger partial charge in [0.1, 0.15) is 0 Å². The molecule has 0 saturated carbocycles. The first-order valence-corrected chi connectivity index (χ1v) is 0. The molecule has 1 nitrogen and oxygen atoms in total. The van der Waals surface area contributed by atoms with Crippen molar-refractivity contribution in [1.29, 1.82) is 0 Å². The van der Waals surface area contributed by atoms with Crippen molar-refractivity contribution in [1.82, 2.24) is 0 Å². The van der Waals surface area contributed by atoms with Crippen LogP contribution < -0.4 is 51.4 Å². The van der Waals surface area contributed by atoms with Crippen LogP contribution in [-0.4, -0.2) is 51.0 Å². The predicted molar refractivity (Wildman–Crippen MR) is 12.7 cm³/mol. The van der Waals surface area contributed by atoms with Crippen LogP contribution in [0.3, 0.4) is 0 Å². The average molecular weight is 213 g/mol. The van der Waals surface area contributed by atoms with E-state index in [1.807, 2.05) is 0 Å². The molecular formula is H5KOSrZn. The van der Waals surface area contributed by atoms with Gasteiger partial charge in [-0.2, -0.15) is 0 Å². The summed E-state index contributed by atoms with van der Waals surface area (Å²) in [6.45, 7) is 0. The van der Waals surface area contributed by atoms with Gasteiger partial charge in [0, 0.05) is 19.5 Å². The van der Waals surface area contributed by atoms with E-state index in [1.54, 1.807) is 0 Å². The van der Waals surface area contributed by atoms with Crippen LogP contribution in [0, 0.1) is 0 Å². The molecule has 0 unspecified atom stereocenters. The molecule has 0 aromatic carbocycles. The molecule has 0 atom stereocenters. The van der Waals surface area contributed by atoms with Crippen molar-refractivity contribution in [2.75, 3.05) is 0 Å². The number of rotatable bonds is 0. The van der Waals surface area contributed by atoms with E-state index in [-0.39, 0.29) is 126 Å². The van der Waals surface area contributed by atoms with Gasteiger partial charge in [-0.15, -0.1) is 0 Å². The van der Waals surface area contributed by atoms with Crippen LogP contribution in [0.1, 0.15) is 4.28 Å². The molecule has 0 bridgehead atoms. The topological polar surface area (TPSA) is 31.5 Å². The Labute approximate surface area is 122 Å². The molecule has 4 heavy (non-hydrogen) atoms. The zero-order valence-corrected chi connectivity index (χ0v) is 12.5. The van der Waals surface area contributed by atoms with E-state index in [0.29, 0.717) is 0 Å². The largest absolute Gasteiger partial charge is 2.00 e. The molecule has 4 heteroatoms. The van der Waals surface area contributed by atoms with Crippen LogP contribution in [0.25, 0.3) is 0 Å². The summed E-state index contributed by atoms with van der Waals surface area (Å²) in [5, 5.41) is 0. The fraction of sp³-hybridized carbons (Fsp3) is 0. The first-order valence-electron chi connectivity index (χ1n) is 0. The second-order valence-electron chi connectivity index (χ2n) is 0. The third-order valence-electron chi connectivity index (χ3n) is 0. The fourth-order valence-corrected chi connectivity index (χ4v) is 0. The summed E-state index contributed by atoms with van der Waals surface area (Å²) >= 11 is 0. The Kier molecular flexibility index (Phi) is 100. The van der Waals surface area contributed by atoms with Crippen LogP contribution in [0.15, 0.2) is 0 Å². The van der Waals surface area contributed by atoms with E-state index in [2.05, 4.69) is 0 Å². The first kappa shape index (κ1) is 25.2. The van der Waals surface area contributed by atoms with Gasteiger partial charge in [-0.25, -0.2) is 0 Å². The van der Waals surface area contributed by atoms with Gasteiger partial charge < -0.3 is 9.76 Å². The molecule has 0 aliphatic rings. The second kappa shape index (κ2) is 15.9. The summed E-state index contributed by atoms with van der Waals surface area (Å²) in [5.41, 5.74) is 0. The van der Waals surface area contributed by atoms with Crippen molar-refractivity contribution in [3.05, 3.63) is 0 Å². The Hall–Kier alpha value is 3.70.